The Bertz CT molecular complexity index is 631. The number of nitrogens with one attached hydrogen (secondary N) is 1. The van der Waals surface area contributed by atoms with Gasteiger partial charge in [0.05, 0.1) is 12.6 Å². The number of carbonyl (C=O) groups excluding carboxylic acids is 1. The van der Waals surface area contributed by atoms with Gasteiger partial charge in [-0.3, -0.25) is 4.68 Å². The van der Waals surface area contributed by atoms with Gasteiger partial charge in [-0.15, -0.1) is 0 Å². The third kappa shape index (κ3) is 4.33. The number of hydrogen-bond acceptors (Lipinski definition) is 5. The van der Waals surface area contributed by atoms with E-state index >= 15 is 0 Å². The molecule has 0 spiro atoms. The summed E-state index contributed by atoms with van der Waals surface area (Å²) in [5.41, 5.74) is 1.14. The summed E-state index contributed by atoms with van der Waals surface area (Å²) in [6.07, 6.45) is 3.99. The summed E-state index contributed by atoms with van der Waals surface area (Å²) in [4.78, 5) is 18.3. The minimum Gasteiger partial charge on any atom is -0.367 e. The van der Waals surface area contributed by atoms with Crippen LogP contribution in [0, 0.1) is 0 Å². The van der Waals surface area contributed by atoms with E-state index in [-0.39, 0.29) is 24.3 Å². The van der Waals surface area contributed by atoms with E-state index in [1.807, 2.05) is 24.1 Å². The average Bonchev–Trinajstić information content (AvgIpc) is 3.25. The van der Waals surface area contributed by atoms with Gasteiger partial charge < -0.3 is 15.0 Å². The van der Waals surface area contributed by atoms with Crippen molar-refractivity contribution in [3.63, 3.8) is 0 Å². The highest BCUT2D eigenvalue weighted by atomic mass is 32.1. The van der Waals surface area contributed by atoms with Crippen molar-refractivity contribution in [1.82, 2.24) is 25.0 Å². The van der Waals surface area contributed by atoms with Crippen molar-refractivity contribution in [2.24, 2.45) is 0 Å². The topological polar surface area (TPSA) is 72.3 Å². The lowest BCUT2D eigenvalue weighted by Crippen LogP contribution is -2.51. The fraction of sp³-hybridized carbons (Fsp3) is 0.562. The maximum absolute atomic E-state index is 12.6. The monoisotopic (exact) mass is 349 g/mol. The summed E-state index contributed by atoms with van der Waals surface area (Å²) in [6, 6.07) is 2.10. The zero-order chi connectivity index (χ0) is 16.9. The Hall–Kier alpha value is -1.93. The van der Waals surface area contributed by atoms with E-state index in [0.717, 1.165) is 18.5 Å². The van der Waals surface area contributed by atoms with Gasteiger partial charge in [0.25, 0.3) is 0 Å². The summed E-state index contributed by atoms with van der Waals surface area (Å²) >= 11 is 1.65. The van der Waals surface area contributed by atoms with Crippen molar-refractivity contribution in [3.05, 3.63) is 35.0 Å². The molecule has 1 aliphatic rings. The van der Waals surface area contributed by atoms with Crippen LogP contribution >= 0.6 is 11.3 Å². The molecule has 8 heteroatoms. The number of thiophene rings is 1. The number of rotatable bonds is 5. The second-order valence-corrected chi connectivity index (χ2v) is 6.97. The molecule has 7 nitrogen and oxygen atoms in total. The van der Waals surface area contributed by atoms with Gasteiger partial charge in [0, 0.05) is 19.1 Å². The fourth-order valence-corrected chi connectivity index (χ4v) is 3.51. The molecule has 0 aromatic carbocycles. The number of ether oxygens (including phenoxy) is 1. The maximum Gasteiger partial charge on any atom is 0.317 e. The van der Waals surface area contributed by atoms with Crippen molar-refractivity contribution >= 4 is 17.4 Å². The van der Waals surface area contributed by atoms with Crippen LogP contribution in [0.2, 0.25) is 0 Å². The summed E-state index contributed by atoms with van der Waals surface area (Å²) in [5, 5.41) is 11.3. The van der Waals surface area contributed by atoms with Crippen LogP contribution in [0.3, 0.4) is 0 Å². The molecule has 0 radical (unpaired) electrons. The number of carbonyl (C=O) groups is 1. The molecule has 2 aromatic rings. The van der Waals surface area contributed by atoms with Gasteiger partial charge in [-0.1, -0.05) is 0 Å². The zero-order valence-electron chi connectivity index (χ0n) is 14.0. The SMILES string of the molecule is C[C@H](CCn1cncn1)NC(=O)N1C[C@@H](C)O[C@H](c2ccsc2)C1. The quantitative estimate of drug-likeness (QED) is 0.899. The molecular formula is C16H23N5O2S. The van der Waals surface area contributed by atoms with Gasteiger partial charge in [0.1, 0.15) is 18.8 Å². The average molecular weight is 349 g/mol. The predicted octanol–water partition coefficient (Wildman–Crippen LogP) is 2.29. The van der Waals surface area contributed by atoms with Crippen LogP contribution in [0.4, 0.5) is 4.79 Å². The van der Waals surface area contributed by atoms with E-state index in [2.05, 4.69) is 26.8 Å². The van der Waals surface area contributed by atoms with Gasteiger partial charge >= 0.3 is 6.03 Å². The summed E-state index contributed by atoms with van der Waals surface area (Å²) in [5.74, 6) is 0. The summed E-state index contributed by atoms with van der Waals surface area (Å²) in [6.45, 7) is 5.95. The molecule has 1 saturated heterocycles. The van der Waals surface area contributed by atoms with Crippen LogP contribution in [0.15, 0.2) is 29.5 Å². The highest BCUT2D eigenvalue weighted by Gasteiger charge is 2.30. The van der Waals surface area contributed by atoms with E-state index in [0.29, 0.717) is 13.1 Å². The summed E-state index contributed by atoms with van der Waals surface area (Å²) < 4.78 is 7.75. The minimum atomic E-state index is -0.0452. The molecule has 2 amide bonds. The molecular weight excluding hydrogens is 326 g/mol. The second-order valence-electron chi connectivity index (χ2n) is 6.19. The molecule has 1 aliphatic heterocycles. The Morgan fingerprint density at radius 2 is 2.42 bits per heavy atom. The van der Waals surface area contributed by atoms with E-state index in [4.69, 9.17) is 4.74 Å². The van der Waals surface area contributed by atoms with E-state index in [9.17, 15) is 4.79 Å². The number of aromatic nitrogens is 3. The maximum atomic E-state index is 12.6. The minimum absolute atomic E-state index is 0.0276. The van der Waals surface area contributed by atoms with E-state index in [1.54, 1.807) is 22.3 Å². The molecule has 0 bridgehead atoms. The Labute approximate surface area is 145 Å². The van der Waals surface area contributed by atoms with E-state index in [1.165, 1.54) is 6.33 Å². The van der Waals surface area contributed by atoms with Crippen LogP contribution in [-0.2, 0) is 11.3 Å². The van der Waals surface area contributed by atoms with Crippen molar-refractivity contribution in [2.75, 3.05) is 13.1 Å². The molecule has 1 fully saturated rings. The van der Waals surface area contributed by atoms with Crippen LogP contribution in [0.25, 0.3) is 0 Å². The Morgan fingerprint density at radius 3 is 3.12 bits per heavy atom. The van der Waals surface area contributed by atoms with E-state index < -0.39 is 0 Å². The molecule has 0 unspecified atom stereocenters. The first-order chi connectivity index (χ1) is 11.6. The molecule has 0 saturated carbocycles. The van der Waals surface area contributed by atoms with Gasteiger partial charge in [0.2, 0.25) is 0 Å². The lowest BCUT2D eigenvalue weighted by Gasteiger charge is -2.37. The number of amides is 2. The van der Waals surface area contributed by atoms with Crippen LogP contribution < -0.4 is 5.32 Å². The van der Waals surface area contributed by atoms with Crippen molar-refractivity contribution in [2.45, 2.75) is 45.1 Å². The van der Waals surface area contributed by atoms with Gasteiger partial charge in [-0.25, -0.2) is 9.78 Å². The lowest BCUT2D eigenvalue weighted by molar-refractivity contribution is -0.0657. The number of nitrogens with zero attached hydrogens (tertiary/aromatic N) is 4. The second kappa shape index (κ2) is 7.76. The molecule has 130 valence electrons. The van der Waals surface area contributed by atoms with Crippen molar-refractivity contribution < 1.29 is 9.53 Å². The largest absolute Gasteiger partial charge is 0.367 e. The van der Waals surface area contributed by atoms with Gasteiger partial charge in [-0.2, -0.15) is 16.4 Å². The van der Waals surface area contributed by atoms with Crippen LogP contribution in [0.5, 0.6) is 0 Å². The first-order valence-electron chi connectivity index (χ1n) is 8.17. The normalized spacial score (nSPS) is 22.3. The fourth-order valence-electron chi connectivity index (χ4n) is 2.81. The highest BCUT2D eigenvalue weighted by molar-refractivity contribution is 7.07. The number of hydrogen-bond donors (Lipinski definition) is 1. The number of aryl methyl sites for hydroxylation is 1. The van der Waals surface area contributed by atoms with Gasteiger partial charge in [-0.05, 0) is 42.7 Å². The molecule has 2 aromatic heterocycles. The third-order valence-electron chi connectivity index (χ3n) is 4.09. The Morgan fingerprint density at radius 1 is 1.54 bits per heavy atom. The van der Waals surface area contributed by atoms with Crippen molar-refractivity contribution in [3.8, 4) is 0 Å². The molecule has 24 heavy (non-hydrogen) atoms. The smallest absolute Gasteiger partial charge is 0.317 e. The van der Waals surface area contributed by atoms with Crippen LogP contribution in [-0.4, -0.2) is 50.9 Å². The standard InChI is InChI=1S/C16H23N5O2S/c1-12(3-5-21-11-17-10-18-21)19-16(22)20-7-13(2)23-15(8-20)14-4-6-24-9-14/h4,6,9-13,15H,3,5,7-8H2,1-2H3,(H,19,22)/t12-,13-,15+/m1/s1. The molecule has 3 heterocycles. The van der Waals surface area contributed by atoms with Crippen molar-refractivity contribution in [1.29, 1.82) is 0 Å². The van der Waals surface area contributed by atoms with Gasteiger partial charge in [0.15, 0.2) is 0 Å². The highest BCUT2D eigenvalue weighted by Crippen LogP contribution is 2.26. The van der Waals surface area contributed by atoms with Crippen LogP contribution in [0.1, 0.15) is 31.9 Å². The Kier molecular flexibility index (Phi) is 5.47. The molecule has 3 rings (SSSR count). The third-order valence-corrected chi connectivity index (χ3v) is 4.79. The zero-order valence-corrected chi connectivity index (χ0v) is 14.8. The lowest BCUT2D eigenvalue weighted by atomic mass is 10.1. The molecule has 1 N–H and O–H groups in total. The first kappa shape index (κ1) is 16.9. The number of urea groups is 1. The molecule has 3 atom stereocenters. The Balaban J connectivity index is 1.51. The number of morpholine rings is 1. The molecule has 0 aliphatic carbocycles. The first-order valence-corrected chi connectivity index (χ1v) is 9.11. The predicted molar refractivity (Wildman–Crippen MR) is 91.8 cm³/mol. The summed E-state index contributed by atoms with van der Waals surface area (Å²) in [7, 11) is 0.